The summed E-state index contributed by atoms with van der Waals surface area (Å²) < 4.78 is 0. The fourth-order valence-electron chi connectivity index (χ4n) is 1.86. The number of nitro groups is 1. The van der Waals surface area contributed by atoms with E-state index in [4.69, 9.17) is 11.0 Å². The van der Waals surface area contributed by atoms with Crippen LogP contribution in [-0.2, 0) is 16.0 Å². The highest BCUT2D eigenvalue weighted by Gasteiger charge is 2.21. The molecule has 22 heavy (non-hydrogen) atoms. The molecule has 0 aromatic heterocycles. The van der Waals surface area contributed by atoms with Crippen LogP contribution in [-0.4, -0.2) is 22.8 Å². The minimum absolute atomic E-state index is 0.116. The topological polar surface area (TPSA) is 139 Å². The van der Waals surface area contributed by atoms with Crippen molar-refractivity contribution in [3.63, 3.8) is 0 Å². The van der Waals surface area contributed by atoms with Crippen LogP contribution in [0.3, 0.4) is 0 Å². The van der Waals surface area contributed by atoms with Crippen LogP contribution in [0.4, 0.5) is 5.69 Å². The summed E-state index contributed by atoms with van der Waals surface area (Å²) >= 11 is 0. The number of benzene rings is 1. The van der Waals surface area contributed by atoms with Crippen LogP contribution in [0.1, 0.15) is 18.9 Å². The van der Waals surface area contributed by atoms with Crippen LogP contribution in [0, 0.1) is 27.4 Å². The maximum Gasteiger partial charge on any atom is 0.269 e. The molecule has 0 saturated heterocycles. The van der Waals surface area contributed by atoms with Gasteiger partial charge in [0, 0.05) is 18.1 Å². The third kappa shape index (κ3) is 5.20. The monoisotopic (exact) mass is 304 g/mol. The molecule has 0 unspecified atom stereocenters. The number of nitro benzene ring substituents is 1. The van der Waals surface area contributed by atoms with Gasteiger partial charge in [0.1, 0.15) is 6.04 Å². The quantitative estimate of drug-likeness (QED) is 0.562. The Morgan fingerprint density at radius 3 is 2.73 bits per heavy atom. The lowest BCUT2D eigenvalue weighted by Gasteiger charge is -2.16. The highest BCUT2D eigenvalue weighted by Crippen LogP contribution is 2.13. The van der Waals surface area contributed by atoms with Crippen molar-refractivity contribution in [1.82, 2.24) is 5.32 Å². The molecule has 3 N–H and O–H groups in total. The molecule has 0 heterocycles. The van der Waals surface area contributed by atoms with Gasteiger partial charge >= 0.3 is 0 Å². The van der Waals surface area contributed by atoms with Gasteiger partial charge in [-0.3, -0.25) is 19.7 Å². The average molecular weight is 304 g/mol. The Bertz CT molecular complexity index is 624. The third-order valence-electron chi connectivity index (χ3n) is 2.97. The van der Waals surface area contributed by atoms with Gasteiger partial charge in [0.2, 0.25) is 11.8 Å². The number of nitrogens with one attached hydrogen (secondary N) is 1. The van der Waals surface area contributed by atoms with E-state index in [1.165, 1.54) is 18.2 Å². The highest BCUT2D eigenvalue weighted by molar-refractivity contribution is 5.87. The van der Waals surface area contributed by atoms with Crippen molar-refractivity contribution in [2.75, 3.05) is 0 Å². The fraction of sp³-hybridized carbons (Fsp3) is 0.357. The first kappa shape index (κ1) is 17.1. The zero-order valence-electron chi connectivity index (χ0n) is 12.0. The Kier molecular flexibility index (Phi) is 6.01. The van der Waals surface area contributed by atoms with E-state index >= 15 is 0 Å². The molecule has 0 fully saturated rings. The molecular weight excluding hydrogens is 288 g/mol. The van der Waals surface area contributed by atoms with Gasteiger partial charge in [-0.25, -0.2) is 0 Å². The predicted octanol–water partition coefficient (Wildman–Crippen LogP) is 0.657. The summed E-state index contributed by atoms with van der Waals surface area (Å²) in [5.74, 6) is -1.65. The molecule has 2 atom stereocenters. The molecule has 1 aromatic rings. The standard InChI is InChI=1S/C14H16N4O4/c1-9(8-15)5-12(14(16)20)17-13(19)7-10-3-2-4-11(6-10)18(21)22/h2-4,6,9,12H,5,7H2,1H3,(H2,16,20)(H,17,19)/t9-,12+/m1/s1. The first-order chi connectivity index (χ1) is 10.3. The number of primary amides is 1. The molecule has 2 amide bonds. The number of carbonyl (C=O) groups is 2. The van der Waals surface area contributed by atoms with Gasteiger partial charge in [-0.15, -0.1) is 0 Å². The van der Waals surface area contributed by atoms with E-state index in [-0.39, 0.29) is 18.5 Å². The lowest BCUT2D eigenvalue weighted by atomic mass is 10.0. The molecular formula is C14H16N4O4. The van der Waals surface area contributed by atoms with Crippen molar-refractivity contribution in [2.45, 2.75) is 25.8 Å². The maximum absolute atomic E-state index is 11.9. The van der Waals surface area contributed by atoms with E-state index in [0.717, 1.165) is 0 Å². The average Bonchev–Trinajstić information content (AvgIpc) is 2.46. The molecule has 0 radical (unpaired) electrons. The van der Waals surface area contributed by atoms with Crippen LogP contribution < -0.4 is 11.1 Å². The Balaban J connectivity index is 2.71. The Labute approximate surface area is 127 Å². The van der Waals surface area contributed by atoms with Crippen molar-refractivity contribution in [1.29, 1.82) is 5.26 Å². The fourth-order valence-corrected chi connectivity index (χ4v) is 1.86. The summed E-state index contributed by atoms with van der Waals surface area (Å²) in [6.07, 6.45) is -0.00109. The lowest BCUT2D eigenvalue weighted by Crippen LogP contribution is -2.45. The van der Waals surface area contributed by atoms with Gasteiger partial charge in [0.05, 0.1) is 17.4 Å². The summed E-state index contributed by atoms with van der Waals surface area (Å²) in [7, 11) is 0. The van der Waals surface area contributed by atoms with E-state index in [1.807, 2.05) is 6.07 Å². The minimum Gasteiger partial charge on any atom is -0.368 e. The van der Waals surface area contributed by atoms with Crippen molar-refractivity contribution in [3.8, 4) is 6.07 Å². The number of nitrogens with two attached hydrogens (primary N) is 1. The molecule has 116 valence electrons. The van der Waals surface area contributed by atoms with Gasteiger partial charge in [0.25, 0.3) is 5.69 Å². The molecule has 1 rings (SSSR count). The number of rotatable bonds is 7. The summed E-state index contributed by atoms with van der Waals surface area (Å²) in [6.45, 7) is 1.61. The van der Waals surface area contributed by atoms with E-state index in [2.05, 4.69) is 5.32 Å². The molecule has 8 heteroatoms. The summed E-state index contributed by atoms with van der Waals surface area (Å²) in [4.78, 5) is 33.3. The molecule has 0 aliphatic heterocycles. The Morgan fingerprint density at radius 1 is 1.50 bits per heavy atom. The summed E-state index contributed by atoms with van der Waals surface area (Å²) in [5.41, 5.74) is 5.52. The van der Waals surface area contributed by atoms with E-state index in [0.29, 0.717) is 5.56 Å². The molecule has 0 bridgehead atoms. The van der Waals surface area contributed by atoms with Crippen LogP contribution >= 0.6 is 0 Å². The van der Waals surface area contributed by atoms with Gasteiger partial charge in [-0.1, -0.05) is 12.1 Å². The number of nitriles is 1. The smallest absolute Gasteiger partial charge is 0.269 e. The second-order valence-electron chi connectivity index (χ2n) is 4.89. The number of carbonyl (C=O) groups excluding carboxylic acids is 2. The molecule has 0 aliphatic carbocycles. The molecule has 0 spiro atoms. The van der Waals surface area contributed by atoms with Crippen molar-refractivity contribution in [2.24, 2.45) is 11.7 Å². The molecule has 1 aromatic carbocycles. The number of amides is 2. The number of hydrogen-bond acceptors (Lipinski definition) is 5. The largest absolute Gasteiger partial charge is 0.368 e. The SMILES string of the molecule is C[C@@H](C#N)C[C@H](NC(=O)Cc1cccc([N+](=O)[O-])c1)C(N)=O. The first-order valence-corrected chi connectivity index (χ1v) is 6.55. The second-order valence-corrected chi connectivity index (χ2v) is 4.89. The summed E-state index contributed by atoms with van der Waals surface area (Å²) in [6, 6.07) is 6.67. The summed E-state index contributed by atoms with van der Waals surface area (Å²) in [5, 5.41) is 21.9. The van der Waals surface area contributed by atoms with Crippen LogP contribution in [0.5, 0.6) is 0 Å². The molecule has 8 nitrogen and oxygen atoms in total. The second kappa shape index (κ2) is 7.73. The van der Waals surface area contributed by atoms with Crippen LogP contribution in [0.2, 0.25) is 0 Å². The molecule has 0 aliphatic rings. The zero-order chi connectivity index (χ0) is 16.7. The van der Waals surface area contributed by atoms with Gasteiger partial charge in [0.15, 0.2) is 0 Å². The lowest BCUT2D eigenvalue weighted by molar-refractivity contribution is -0.384. The minimum atomic E-state index is -0.944. The van der Waals surface area contributed by atoms with E-state index < -0.39 is 28.7 Å². The van der Waals surface area contributed by atoms with Crippen LogP contribution in [0.15, 0.2) is 24.3 Å². The Morgan fingerprint density at radius 2 is 2.18 bits per heavy atom. The predicted molar refractivity (Wildman–Crippen MR) is 77.3 cm³/mol. The Hall–Kier alpha value is -2.95. The van der Waals surface area contributed by atoms with Gasteiger partial charge < -0.3 is 11.1 Å². The third-order valence-corrected chi connectivity index (χ3v) is 2.97. The number of hydrogen-bond donors (Lipinski definition) is 2. The number of non-ortho nitro benzene ring substituents is 1. The zero-order valence-corrected chi connectivity index (χ0v) is 12.0. The van der Waals surface area contributed by atoms with E-state index in [9.17, 15) is 19.7 Å². The highest BCUT2D eigenvalue weighted by atomic mass is 16.6. The van der Waals surface area contributed by atoms with Crippen molar-refractivity contribution in [3.05, 3.63) is 39.9 Å². The van der Waals surface area contributed by atoms with Gasteiger partial charge in [-0.2, -0.15) is 5.26 Å². The van der Waals surface area contributed by atoms with E-state index in [1.54, 1.807) is 13.0 Å². The van der Waals surface area contributed by atoms with Crippen LogP contribution in [0.25, 0.3) is 0 Å². The maximum atomic E-state index is 11.9. The first-order valence-electron chi connectivity index (χ1n) is 6.55. The van der Waals surface area contributed by atoms with Crippen molar-refractivity contribution >= 4 is 17.5 Å². The molecule has 0 saturated carbocycles. The number of nitrogens with zero attached hydrogens (tertiary/aromatic N) is 2. The normalized spacial score (nSPS) is 12.7. The van der Waals surface area contributed by atoms with Crippen molar-refractivity contribution < 1.29 is 14.5 Å². The van der Waals surface area contributed by atoms with Gasteiger partial charge in [-0.05, 0) is 18.9 Å².